The molecule has 0 spiro atoms. The van der Waals surface area contributed by atoms with Gasteiger partial charge in [-0.05, 0) is 22.1 Å². The van der Waals surface area contributed by atoms with Crippen LogP contribution < -0.4 is 16.4 Å². The highest BCUT2D eigenvalue weighted by atomic mass is 16.2. The Morgan fingerprint density at radius 1 is 1.48 bits per heavy atom. The van der Waals surface area contributed by atoms with Crippen molar-refractivity contribution in [1.82, 2.24) is 25.5 Å². The molecular weight excluding hydrogens is 274 g/mol. The number of hydrogen-bond donors (Lipinski definition) is 3. The van der Waals surface area contributed by atoms with Gasteiger partial charge in [-0.3, -0.25) is 9.59 Å². The van der Waals surface area contributed by atoms with Crippen molar-refractivity contribution in [2.75, 3.05) is 11.1 Å². The van der Waals surface area contributed by atoms with Gasteiger partial charge in [-0.15, -0.1) is 0 Å². The summed E-state index contributed by atoms with van der Waals surface area (Å²) < 4.78 is 1.18. The van der Waals surface area contributed by atoms with E-state index < -0.39 is 0 Å². The van der Waals surface area contributed by atoms with Crippen LogP contribution in [0.15, 0.2) is 24.3 Å². The molecule has 0 aliphatic carbocycles. The molecule has 0 radical (unpaired) electrons. The number of para-hydroxylation sites is 1. The van der Waals surface area contributed by atoms with E-state index in [1.54, 1.807) is 6.07 Å². The van der Waals surface area contributed by atoms with Gasteiger partial charge in [-0.1, -0.05) is 23.3 Å². The molecule has 1 aromatic heterocycles. The number of nitrogens with one attached hydrogen (secondary N) is 2. The maximum Gasteiger partial charge on any atom is 0.242 e. The van der Waals surface area contributed by atoms with E-state index in [2.05, 4.69) is 26.2 Å². The minimum Gasteiger partial charge on any atom is -0.367 e. The summed E-state index contributed by atoms with van der Waals surface area (Å²) in [7, 11) is 0. The molecular formula is C12H13N7O2. The molecule has 1 aliphatic heterocycles. The number of fused-ring (bicyclic) bond motifs is 1. The summed E-state index contributed by atoms with van der Waals surface area (Å²) in [5.74, 6) is -0.392. The molecule has 0 fully saturated rings. The van der Waals surface area contributed by atoms with Gasteiger partial charge in [0.25, 0.3) is 0 Å². The monoisotopic (exact) mass is 287 g/mol. The number of nitrogen functional groups attached to an aromatic ring is 1. The van der Waals surface area contributed by atoms with Crippen LogP contribution in [-0.4, -0.2) is 32.0 Å². The van der Waals surface area contributed by atoms with Crippen LogP contribution in [0.2, 0.25) is 0 Å². The number of rotatable bonds is 3. The molecule has 2 aromatic rings. The first-order valence-electron chi connectivity index (χ1n) is 6.33. The summed E-state index contributed by atoms with van der Waals surface area (Å²) in [6.45, 7) is -0.0981. The van der Waals surface area contributed by atoms with Crippen LogP contribution in [0.5, 0.6) is 0 Å². The Bertz CT molecular complexity index is 696. The quantitative estimate of drug-likeness (QED) is 0.695. The number of tetrazole rings is 1. The van der Waals surface area contributed by atoms with Gasteiger partial charge in [0.05, 0.1) is 12.5 Å². The van der Waals surface area contributed by atoms with E-state index in [9.17, 15) is 9.59 Å². The molecule has 4 N–H and O–H groups in total. The molecule has 9 nitrogen and oxygen atoms in total. The zero-order valence-corrected chi connectivity index (χ0v) is 11.0. The third-order valence-electron chi connectivity index (χ3n) is 3.19. The van der Waals surface area contributed by atoms with Crippen molar-refractivity contribution in [3.63, 3.8) is 0 Å². The minimum atomic E-state index is -0.375. The predicted molar refractivity (Wildman–Crippen MR) is 72.8 cm³/mol. The summed E-state index contributed by atoms with van der Waals surface area (Å²) in [5.41, 5.74) is 7.08. The van der Waals surface area contributed by atoms with Gasteiger partial charge in [0.1, 0.15) is 6.54 Å². The van der Waals surface area contributed by atoms with Gasteiger partial charge >= 0.3 is 0 Å². The zero-order valence-electron chi connectivity index (χ0n) is 11.0. The lowest BCUT2D eigenvalue weighted by Crippen LogP contribution is -2.37. The van der Waals surface area contributed by atoms with Crippen molar-refractivity contribution < 1.29 is 9.59 Å². The normalized spacial score (nSPS) is 17.0. The van der Waals surface area contributed by atoms with Crippen LogP contribution in [0, 0.1) is 0 Å². The number of aromatic nitrogens is 4. The maximum absolute atomic E-state index is 12.0. The van der Waals surface area contributed by atoms with E-state index in [0.717, 1.165) is 5.56 Å². The average Bonchev–Trinajstić information content (AvgIpc) is 2.84. The highest BCUT2D eigenvalue weighted by Gasteiger charge is 2.26. The first-order chi connectivity index (χ1) is 10.1. The second kappa shape index (κ2) is 5.19. The summed E-state index contributed by atoms with van der Waals surface area (Å²) in [5, 5.41) is 16.0. The Balaban J connectivity index is 1.74. The van der Waals surface area contributed by atoms with Gasteiger partial charge in [-0.2, -0.15) is 0 Å². The highest BCUT2D eigenvalue weighted by molar-refractivity contribution is 5.95. The largest absolute Gasteiger partial charge is 0.367 e. The Morgan fingerprint density at radius 3 is 3.05 bits per heavy atom. The number of carbonyl (C=O) groups excluding carboxylic acids is 2. The van der Waals surface area contributed by atoms with Crippen LogP contribution in [0.25, 0.3) is 0 Å². The highest BCUT2D eigenvalue weighted by Crippen LogP contribution is 2.29. The smallest absolute Gasteiger partial charge is 0.242 e. The van der Waals surface area contributed by atoms with Crippen molar-refractivity contribution in [2.24, 2.45) is 0 Å². The third kappa shape index (κ3) is 2.66. The van der Waals surface area contributed by atoms with Crippen LogP contribution in [0.1, 0.15) is 18.0 Å². The maximum atomic E-state index is 12.0. The van der Waals surface area contributed by atoms with Gasteiger partial charge in [0.15, 0.2) is 0 Å². The lowest BCUT2D eigenvalue weighted by atomic mass is 9.97. The second-order valence-electron chi connectivity index (χ2n) is 4.65. The van der Waals surface area contributed by atoms with E-state index in [0.29, 0.717) is 5.69 Å². The van der Waals surface area contributed by atoms with Crippen molar-refractivity contribution >= 4 is 23.5 Å². The van der Waals surface area contributed by atoms with E-state index >= 15 is 0 Å². The van der Waals surface area contributed by atoms with Crippen molar-refractivity contribution in [2.45, 2.75) is 19.0 Å². The molecule has 0 unspecified atom stereocenters. The van der Waals surface area contributed by atoms with Crippen molar-refractivity contribution in [3.8, 4) is 0 Å². The van der Waals surface area contributed by atoms with E-state index in [4.69, 9.17) is 5.73 Å². The molecule has 1 atom stereocenters. The molecule has 2 heterocycles. The summed E-state index contributed by atoms with van der Waals surface area (Å²) in [4.78, 5) is 23.7. The van der Waals surface area contributed by atoms with Gasteiger partial charge < -0.3 is 16.4 Å². The first kappa shape index (κ1) is 13.0. The SMILES string of the molecule is Nc1nnnn1CC(=O)N[C@@H]1CC(=O)Nc2ccccc21. The standard InChI is InChI=1S/C12H13N7O2/c13-12-16-17-18-19(12)6-11(21)15-9-5-10(20)14-8-4-2-1-3-7(8)9/h1-4,9H,5-6H2,(H,14,20)(H,15,21)(H2,13,16,18)/t9-/m1/s1. The van der Waals surface area contributed by atoms with Crippen molar-refractivity contribution in [3.05, 3.63) is 29.8 Å². The molecule has 0 saturated heterocycles. The van der Waals surface area contributed by atoms with Gasteiger partial charge in [0, 0.05) is 5.69 Å². The molecule has 9 heteroatoms. The van der Waals surface area contributed by atoms with E-state index in [1.807, 2.05) is 18.2 Å². The zero-order chi connectivity index (χ0) is 14.8. The Hall–Kier alpha value is -2.97. The summed E-state index contributed by atoms with van der Waals surface area (Å²) in [6, 6.07) is 6.97. The summed E-state index contributed by atoms with van der Waals surface area (Å²) >= 11 is 0. The van der Waals surface area contributed by atoms with Crippen LogP contribution in [-0.2, 0) is 16.1 Å². The molecule has 3 rings (SSSR count). The lowest BCUT2D eigenvalue weighted by Gasteiger charge is -2.26. The van der Waals surface area contributed by atoms with Crippen LogP contribution in [0.3, 0.4) is 0 Å². The molecule has 0 bridgehead atoms. The number of carbonyl (C=O) groups is 2. The number of amides is 2. The summed E-state index contributed by atoms with van der Waals surface area (Å²) in [6.07, 6.45) is 0.188. The van der Waals surface area contributed by atoms with Gasteiger partial charge in [-0.25, -0.2) is 4.68 Å². The molecule has 1 aliphatic rings. The fourth-order valence-electron chi connectivity index (χ4n) is 2.24. The van der Waals surface area contributed by atoms with Crippen LogP contribution >= 0.6 is 0 Å². The molecule has 0 saturated carbocycles. The Labute approximate surface area is 119 Å². The minimum absolute atomic E-state index is 0.0620. The first-order valence-corrected chi connectivity index (χ1v) is 6.33. The second-order valence-corrected chi connectivity index (χ2v) is 4.65. The molecule has 1 aromatic carbocycles. The molecule has 21 heavy (non-hydrogen) atoms. The topological polar surface area (TPSA) is 128 Å². The van der Waals surface area contributed by atoms with E-state index in [1.165, 1.54) is 4.68 Å². The lowest BCUT2D eigenvalue weighted by molar-refractivity contribution is -0.123. The number of benzene rings is 1. The van der Waals surface area contributed by atoms with Crippen molar-refractivity contribution in [1.29, 1.82) is 0 Å². The average molecular weight is 287 g/mol. The third-order valence-corrected chi connectivity index (χ3v) is 3.19. The Kier molecular flexibility index (Phi) is 3.22. The number of anilines is 2. The predicted octanol–water partition coefficient (Wildman–Crippen LogP) is -0.545. The molecule has 2 amide bonds. The van der Waals surface area contributed by atoms with E-state index in [-0.39, 0.29) is 36.8 Å². The fraction of sp³-hybridized carbons (Fsp3) is 0.250. The Morgan fingerprint density at radius 2 is 2.29 bits per heavy atom. The molecule has 108 valence electrons. The van der Waals surface area contributed by atoms with Crippen LogP contribution in [0.4, 0.5) is 11.6 Å². The number of nitrogens with two attached hydrogens (primary N) is 1. The fourth-order valence-corrected chi connectivity index (χ4v) is 2.24. The number of nitrogens with zero attached hydrogens (tertiary/aromatic N) is 4. The number of hydrogen-bond acceptors (Lipinski definition) is 6. The van der Waals surface area contributed by atoms with Gasteiger partial charge in [0.2, 0.25) is 17.8 Å².